The Kier molecular flexibility index (Phi) is 6.26. The summed E-state index contributed by atoms with van der Waals surface area (Å²) in [6.45, 7) is 5.39. The Balaban J connectivity index is 2.22. The summed E-state index contributed by atoms with van der Waals surface area (Å²) in [4.78, 5) is 3.26. The molecule has 0 aliphatic rings. The van der Waals surface area contributed by atoms with E-state index in [2.05, 4.69) is 10.3 Å². The van der Waals surface area contributed by atoms with Crippen molar-refractivity contribution < 1.29 is 14.2 Å². The summed E-state index contributed by atoms with van der Waals surface area (Å²) in [5.41, 5.74) is 2.23. The molecule has 0 aliphatic carbocycles. The van der Waals surface area contributed by atoms with Crippen molar-refractivity contribution >= 4 is 11.4 Å². The van der Waals surface area contributed by atoms with Gasteiger partial charge in [0.2, 0.25) is 11.1 Å². The highest BCUT2D eigenvalue weighted by Crippen LogP contribution is 2.38. The number of rotatable bonds is 8. The fourth-order valence-corrected chi connectivity index (χ4v) is 2.25. The second-order valence-electron chi connectivity index (χ2n) is 4.98. The van der Waals surface area contributed by atoms with Crippen LogP contribution in [0.25, 0.3) is 4.98 Å². The Morgan fingerprint density at radius 2 is 1.67 bits per heavy atom. The number of nitrogens with zero attached hydrogens (tertiary/aromatic N) is 2. The zero-order valence-corrected chi connectivity index (χ0v) is 14.2. The second kappa shape index (κ2) is 8.63. The van der Waals surface area contributed by atoms with Crippen LogP contribution in [0, 0.1) is 5.39 Å². The van der Waals surface area contributed by atoms with Gasteiger partial charge in [-0.1, -0.05) is 12.1 Å². The first-order valence-corrected chi connectivity index (χ1v) is 7.87. The van der Waals surface area contributed by atoms with Crippen molar-refractivity contribution in [3.8, 4) is 17.2 Å². The maximum atomic E-state index is 9.14. The second-order valence-corrected chi connectivity index (χ2v) is 4.98. The van der Waals surface area contributed by atoms with Crippen LogP contribution in [-0.2, 0) is 6.54 Å². The summed E-state index contributed by atoms with van der Waals surface area (Å²) in [5, 5.41) is 12.5. The van der Waals surface area contributed by atoms with Crippen molar-refractivity contribution in [2.24, 2.45) is 0 Å². The fourth-order valence-electron chi connectivity index (χ4n) is 2.25. The molecule has 6 nitrogen and oxygen atoms in total. The first-order valence-electron chi connectivity index (χ1n) is 7.87. The maximum absolute atomic E-state index is 9.14. The largest absolute Gasteiger partial charge is 0.497 e. The van der Waals surface area contributed by atoms with Crippen molar-refractivity contribution in [3.05, 3.63) is 46.9 Å². The molecule has 0 amide bonds. The molecule has 0 bridgehead atoms. The van der Waals surface area contributed by atoms with Gasteiger partial charge in [-0.3, -0.25) is 0 Å². The number of hydrogen-bond acceptors (Lipinski definition) is 5. The van der Waals surface area contributed by atoms with Crippen LogP contribution >= 0.6 is 0 Å². The van der Waals surface area contributed by atoms with Crippen molar-refractivity contribution in [2.75, 3.05) is 25.6 Å². The minimum Gasteiger partial charge on any atom is -0.497 e. The van der Waals surface area contributed by atoms with Crippen LogP contribution in [0.1, 0.15) is 19.4 Å². The standard InChI is InChI=1S/C18H22N3O3/c1-4-23-17-11-16(21-19)18(24-5-2)10-15(17)20-12-13-6-8-14(22-3)9-7-13/h6-11,20H,4-5,12H2,1-3H3/q+1. The van der Waals surface area contributed by atoms with Gasteiger partial charge in [0.1, 0.15) is 5.75 Å². The lowest BCUT2D eigenvalue weighted by molar-refractivity contribution is 0.333. The molecule has 0 atom stereocenters. The van der Waals surface area contributed by atoms with Gasteiger partial charge >= 0.3 is 5.69 Å². The van der Waals surface area contributed by atoms with E-state index in [-0.39, 0.29) is 0 Å². The number of hydrogen-bond donors (Lipinski definition) is 1. The molecule has 2 aromatic rings. The highest BCUT2D eigenvalue weighted by atomic mass is 16.5. The van der Waals surface area contributed by atoms with Crippen LogP contribution < -0.4 is 19.5 Å². The molecular weight excluding hydrogens is 306 g/mol. The normalized spacial score (nSPS) is 9.92. The van der Waals surface area contributed by atoms with Crippen LogP contribution in [-0.4, -0.2) is 20.3 Å². The van der Waals surface area contributed by atoms with Gasteiger partial charge in [-0.2, -0.15) is 0 Å². The quantitative estimate of drug-likeness (QED) is 0.718. The lowest BCUT2D eigenvalue weighted by Gasteiger charge is -2.13. The Labute approximate surface area is 142 Å². The minimum absolute atomic E-state index is 0.343. The summed E-state index contributed by atoms with van der Waals surface area (Å²) in [5.74, 6) is 1.93. The summed E-state index contributed by atoms with van der Waals surface area (Å²) in [6, 6.07) is 11.3. The molecule has 0 aromatic heterocycles. The molecule has 0 fully saturated rings. The number of benzene rings is 2. The van der Waals surface area contributed by atoms with Gasteiger partial charge in [-0.25, -0.2) is 0 Å². The lowest BCUT2D eigenvalue weighted by Crippen LogP contribution is -2.04. The van der Waals surface area contributed by atoms with E-state index < -0.39 is 0 Å². The van der Waals surface area contributed by atoms with Crippen molar-refractivity contribution in [2.45, 2.75) is 20.4 Å². The minimum atomic E-state index is 0.343. The molecule has 0 saturated heterocycles. The lowest BCUT2D eigenvalue weighted by atomic mass is 10.2. The molecule has 6 heteroatoms. The van der Waals surface area contributed by atoms with E-state index in [1.165, 1.54) is 0 Å². The van der Waals surface area contributed by atoms with Gasteiger partial charge < -0.3 is 19.5 Å². The van der Waals surface area contributed by atoms with Gasteiger partial charge in [0, 0.05) is 12.6 Å². The number of nitrogens with one attached hydrogen (secondary N) is 1. The van der Waals surface area contributed by atoms with Crippen molar-refractivity contribution in [3.63, 3.8) is 0 Å². The first kappa shape index (κ1) is 17.4. The topological polar surface area (TPSA) is 67.9 Å². The van der Waals surface area contributed by atoms with Crippen LogP contribution in [0.15, 0.2) is 36.4 Å². The summed E-state index contributed by atoms with van der Waals surface area (Å²) < 4.78 is 16.3. The van der Waals surface area contributed by atoms with E-state index in [0.29, 0.717) is 36.9 Å². The molecule has 0 unspecified atom stereocenters. The Hall–Kier alpha value is -2.94. The van der Waals surface area contributed by atoms with Gasteiger partial charge in [0.25, 0.3) is 0 Å². The predicted octanol–water partition coefficient (Wildman–Crippen LogP) is 4.59. The fraction of sp³-hybridized carbons (Fsp3) is 0.333. The average Bonchev–Trinajstić information content (AvgIpc) is 2.62. The molecule has 2 aromatic carbocycles. The van der Waals surface area contributed by atoms with Crippen molar-refractivity contribution in [1.29, 1.82) is 5.39 Å². The zero-order valence-electron chi connectivity index (χ0n) is 14.2. The summed E-state index contributed by atoms with van der Waals surface area (Å²) in [7, 11) is 1.64. The Bertz CT molecular complexity index is 709. The van der Waals surface area contributed by atoms with Crippen molar-refractivity contribution in [1.82, 2.24) is 0 Å². The molecular formula is C18H22N3O3+. The maximum Gasteiger partial charge on any atom is 0.430 e. The van der Waals surface area contributed by atoms with Crippen LogP contribution in [0.3, 0.4) is 0 Å². The highest BCUT2D eigenvalue weighted by molar-refractivity contribution is 5.71. The Morgan fingerprint density at radius 3 is 2.25 bits per heavy atom. The third kappa shape index (κ3) is 4.29. The number of diazo groups is 1. The molecule has 126 valence electrons. The zero-order chi connectivity index (χ0) is 17.4. The van der Waals surface area contributed by atoms with Crippen LogP contribution in [0.5, 0.6) is 17.2 Å². The van der Waals surface area contributed by atoms with E-state index in [1.807, 2.05) is 38.1 Å². The molecule has 24 heavy (non-hydrogen) atoms. The van der Waals surface area contributed by atoms with E-state index >= 15 is 0 Å². The van der Waals surface area contributed by atoms with Crippen LogP contribution in [0.2, 0.25) is 0 Å². The third-order valence-electron chi connectivity index (χ3n) is 3.41. The van der Waals surface area contributed by atoms with E-state index in [0.717, 1.165) is 17.0 Å². The van der Waals surface area contributed by atoms with E-state index in [1.54, 1.807) is 19.2 Å². The smallest absolute Gasteiger partial charge is 0.430 e. The third-order valence-corrected chi connectivity index (χ3v) is 3.41. The molecule has 0 heterocycles. The molecule has 1 N–H and O–H groups in total. The number of ether oxygens (including phenoxy) is 3. The molecule has 0 spiro atoms. The first-order chi connectivity index (χ1) is 11.7. The molecule has 0 aliphatic heterocycles. The predicted molar refractivity (Wildman–Crippen MR) is 93.8 cm³/mol. The number of methoxy groups -OCH3 is 1. The number of anilines is 1. The highest BCUT2D eigenvalue weighted by Gasteiger charge is 2.20. The van der Waals surface area contributed by atoms with Gasteiger partial charge in [-0.15, -0.1) is 0 Å². The van der Waals surface area contributed by atoms with E-state index in [9.17, 15) is 0 Å². The van der Waals surface area contributed by atoms with Gasteiger partial charge in [0.05, 0.1) is 32.1 Å². The molecule has 0 radical (unpaired) electrons. The van der Waals surface area contributed by atoms with Gasteiger partial charge in [0.15, 0.2) is 10.7 Å². The van der Waals surface area contributed by atoms with E-state index in [4.69, 9.17) is 19.6 Å². The monoisotopic (exact) mass is 328 g/mol. The van der Waals surface area contributed by atoms with Gasteiger partial charge in [-0.05, 0) is 31.5 Å². The summed E-state index contributed by atoms with van der Waals surface area (Å²) in [6.07, 6.45) is 0. The molecule has 2 rings (SSSR count). The summed E-state index contributed by atoms with van der Waals surface area (Å²) >= 11 is 0. The average molecular weight is 328 g/mol. The SMILES string of the molecule is CCOc1cc(NCc2ccc(OC)cc2)c(OCC)cc1[N+]#N. The van der Waals surface area contributed by atoms with Crippen LogP contribution in [0.4, 0.5) is 11.4 Å². The molecule has 0 saturated carbocycles. The Morgan fingerprint density at radius 1 is 1.00 bits per heavy atom.